The summed E-state index contributed by atoms with van der Waals surface area (Å²) in [5.41, 5.74) is 0.488. The Labute approximate surface area is 147 Å². The van der Waals surface area contributed by atoms with Gasteiger partial charge in [0.1, 0.15) is 0 Å². The quantitative estimate of drug-likeness (QED) is 0.787. The minimum atomic E-state index is -3.62. The van der Waals surface area contributed by atoms with E-state index in [1.165, 1.54) is 31.2 Å². The molecule has 3 rings (SSSR count). The van der Waals surface area contributed by atoms with Crippen molar-refractivity contribution in [3.05, 3.63) is 48.3 Å². The molecule has 2 aromatic rings. The molecule has 8 heteroatoms. The Hall–Kier alpha value is -2.32. The van der Waals surface area contributed by atoms with Crippen LogP contribution in [0, 0.1) is 0 Å². The van der Waals surface area contributed by atoms with Crippen LogP contribution in [0.4, 0.5) is 5.95 Å². The van der Waals surface area contributed by atoms with Gasteiger partial charge in [0, 0.05) is 37.1 Å². The van der Waals surface area contributed by atoms with Crippen LogP contribution < -0.4 is 9.62 Å². The summed E-state index contributed by atoms with van der Waals surface area (Å²) in [5, 5.41) is 0. The molecule has 1 aromatic carbocycles. The largest absolute Gasteiger partial charge is 0.337 e. The summed E-state index contributed by atoms with van der Waals surface area (Å²) in [6.07, 6.45) is 5.21. The molecule has 7 nitrogen and oxygen atoms in total. The first kappa shape index (κ1) is 17.5. The summed E-state index contributed by atoms with van der Waals surface area (Å²) in [4.78, 5) is 22.0. The maximum Gasteiger partial charge on any atom is 0.240 e. The van der Waals surface area contributed by atoms with Crippen molar-refractivity contribution in [1.82, 2.24) is 14.7 Å². The second-order valence-electron chi connectivity index (χ2n) is 5.97. The van der Waals surface area contributed by atoms with Gasteiger partial charge in [-0.25, -0.2) is 23.1 Å². The maximum absolute atomic E-state index is 12.5. The SMILES string of the molecule is CC(=O)c1ccc(S(=O)(=O)NC[C@H]2CCCN2c2ncccn2)cc1. The average Bonchev–Trinajstić information content (AvgIpc) is 3.09. The van der Waals surface area contributed by atoms with Gasteiger partial charge in [0.2, 0.25) is 16.0 Å². The van der Waals surface area contributed by atoms with Crippen LogP contribution in [-0.4, -0.2) is 43.3 Å². The lowest BCUT2D eigenvalue weighted by Crippen LogP contribution is -2.40. The monoisotopic (exact) mass is 360 g/mol. The number of rotatable bonds is 6. The van der Waals surface area contributed by atoms with Crippen LogP contribution in [0.2, 0.25) is 0 Å². The molecular weight excluding hydrogens is 340 g/mol. The molecule has 0 radical (unpaired) electrons. The van der Waals surface area contributed by atoms with Crippen molar-refractivity contribution in [2.75, 3.05) is 18.0 Å². The highest BCUT2D eigenvalue weighted by atomic mass is 32.2. The van der Waals surface area contributed by atoms with Crippen LogP contribution in [0.1, 0.15) is 30.1 Å². The Morgan fingerprint density at radius 3 is 2.56 bits per heavy atom. The first-order valence-corrected chi connectivity index (χ1v) is 9.60. The Balaban J connectivity index is 1.68. The number of hydrogen-bond donors (Lipinski definition) is 1. The van der Waals surface area contributed by atoms with Gasteiger partial charge in [0.05, 0.1) is 4.90 Å². The molecule has 2 heterocycles. The molecule has 1 atom stereocenters. The number of carbonyl (C=O) groups excluding carboxylic acids is 1. The second-order valence-corrected chi connectivity index (χ2v) is 7.74. The van der Waals surface area contributed by atoms with Gasteiger partial charge in [-0.05, 0) is 38.0 Å². The predicted octanol–water partition coefficient (Wildman–Crippen LogP) is 1.63. The number of nitrogens with zero attached hydrogens (tertiary/aromatic N) is 3. The normalized spacial score (nSPS) is 17.6. The minimum Gasteiger partial charge on any atom is -0.337 e. The molecule has 132 valence electrons. The highest BCUT2D eigenvalue weighted by Crippen LogP contribution is 2.22. The second kappa shape index (κ2) is 7.28. The van der Waals surface area contributed by atoms with E-state index in [4.69, 9.17) is 0 Å². The topological polar surface area (TPSA) is 92.3 Å². The van der Waals surface area contributed by atoms with Crippen LogP contribution in [0.15, 0.2) is 47.6 Å². The van der Waals surface area contributed by atoms with Gasteiger partial charge < -0.3 is 4.90 Å². The minimum absolute atomic E-state index is 0.0219. The maximum atomic E-state index is 12.5. The van der Waals surface area contributed by atoms with Gasteiger partial charge in [-0.15, -0.1) is 0 Å². The number of ketones is 1. The molecule has 0 aliphatic carbocycles. The van der Waals surface area contributed by atoms with E-state index in [2.05, 4.69) is 14.7 Å². The van der Waals surface area contributed by atoms with E-state index in [0.717, 1.165) is 19.4 Å². The zero-order chi connectivity index (χ0) is 17.9. The third kappa shape index (κ3) is 4.02. The fourth-order valence-electron chi connectivity index (χ4n) is 2.91. The number of carbonyl (C=O) groups is 1. The lowest BCUT2D eigenvalue weighted by molar-refractivity contribution is 0.101. The van der Waals surface area contributed by atoms with E-state index in [1.807, 2.05) is 4.90 Å². The van der Waals surface area contributed by atoms with Gasteiger partial charge in [-0.1, -0.05) is 12.1 Å². The van der Waals surface area contributed by atoms with E-state index >= 15 is 0 Å². The van der Waals surface area contributed by atoms with E-state index in [-0.39, 0.29) is 23.3 Å². The number of benzene rings is 1. The lowest BCUT2D eigenvalue weighted by atomic mass is 10.2. The first-order valence-electron chi connectivity index (χ1n) is 8.12. The van der Waals surface area contributed by atoms with Gasteiger partial charge in [0.15, 0.2) is 5.78 Å². The lowest BCUT2D eigenvalue weighted by Gasteiger charge is -2.24. The van der Waals surface area contributed by atoms with Crippen LogP contribution in [-0.2, 0) is 10.0 Å². The van der Waals surface area contributed by atoms with Crippen LogP contribution in [0.5, 0.6) is 0 Å². The predicted molar refractivity (Wildman–Crippen MR) is 94.0 cm³/mol. The highest BCUT2D eigenvalue weighted by molar-refractivity contribution is 7.89. The first-order chi connectivity index (χ1) is 12.0. The van der Waals surface area contributed by atoms with Gasteiger partial charge in [-0.3, -0.25) is 4.79 Å². The number of anilines is 1. The zero-order valence-corrected chi connectivity index (χ0v) is 14.7. The number of sulfonamides is 1. The van der Waals surface area contributed by atoms with Crippen molar-refractivity contribution in [3.8, 4) is 0 Å². The smallest absolute Gasteiger partial charge is 0.240 e. The van der Waals surface area contributed by atoms with Crippen LogP contribution in [0.25, 0.3) is 0 Å². The molecule has 1 aromatic heterocycles. The van der Waals surface area contributed by atoms with Crippen molar-refractivity contribution < 1.29 is 13.2 Å². The van der Waals surface area contributed by atoms with Crippen LogP contribution >= 0.6 is 0 Å². The van der Waals surface area contributed by atoms with Crippen LogP contribution in [0.3, 0.4) is 0 Å². The third-order valence-corrected chi connectivity index (χ3v) is 5.71. The molecule has 0 saturated carbocycles. The third-order valence-electron chi connectivity index (χ3n) is 4.27. The molecule has 0 amide bonds. The Morgan fingerprint density at radius 1 is 1.24 bits per heavy atom. The summed E-state index contributed by atoms with van der Waals surface area (Å²) in [5.74, 6) is 0.524. The van der Waals surface area contributed by atoms with Gasteiger partial charge in [0.25, 0.3) is 0 Å². The molecule has 0 unspecified atom stereocenters. The van der Waals surface area contributed by atoms with Crippen molar-refractivity contribution in [3.63, 3.8) is 0 Å². The highest BCUT2D eigenvalue weighted by Gasteiger charge is 2.28. The molecule has 1 N–H and O–H groups in total. The standard InChI is InChI=1S/C17H20N4O3S/c1-13(22)14-5-7-16(8-6-14)25(23,24)20-12-15-4-2-11-21(15)17-18-9-3-10-19-17/h3,5-10,15,20H,2,4,11-12H2,1H3/t15-/m1/s1. The Morgan fingerprint density at radius 2 is 1.92 bits per heavy atom. The average molecular weight is 360 g/mol. The van der Waals surface area contributed by atoms with Crippen molar-refractivity contribution in [2.24, 2.45) is 0 Å². The molecule has 0 spiro atoms. The Bertz CT molecular complexity index is 838. The van der Waals surface area contributed by atoms with E-state index in [1.54, 1.807) is 18.5 Å². The number of hydrogen-bond acceptors (Lipinski definition) is 6. The van der Waals surface area contributed by atoms with Crippen molar-refractivity contribution >= 4 is 21.8 Å². The van der Waals surface area contributed by atoms with Gasteiger partial charge in [-0.2, -0.15) is 0 Å². The molecule has 1 saturated heterocycles. The number of Topliss-reactive ketones (excluding diaryl/α,β-unsaturated/α-hetero) is 1. The van der Waals surface area contributed by atoms with E-state index < -0.39 is 10.0 Å². The van der Waals surface area contributed by atoms with Gasteiger partial charge >= 0.3 is 0 Å². The molecule has 0 bridgehead atoms. The molecule has 1 aliphatic rings. The summed E-state index contributed by atoms with van der Waals surface area (Å²) < 4.78 is 27.6. The molecule has 1 aliphatic heterocycles. The molecular formula is C17H20N4O3S. The summed E-state index contributed by atoms with van der Waals surface area (Å²) in [7, 11) is -3.62. The fraction of sp³-hybridized carbons (Fsp3) is 0.353. The number of nitrogens with one attached hydrogen (secondary N) is 1. The van der Waals surface area contributed by atoms with E-state index in [9.17, 15) is 13.2 Å². The zero-order valence-electron chi connectivity index (χ0n) is 13.9. The Kier molecular flexibility index (Phi) is 5.10. The summed E-state index contributed by atoms with van der Waals surface area (Å²) in [6, 6.07) is 7.72. The summed E-state index contributed by atoms with van der Waals surface area (Å²) in [6.45, 7) is 2.54. The van der Waals surface area contributed by atoms with Crippen molar-refractivity contribution in [1.29, 1.82) is 0 Å². The van der Waals surface area contributed by atoms with E-state index in [0.29, 0.717) is 11.5 Å². The molecule has 1 fully saturated rings. The summed E-state index contributed by atoms with van der Waals surface area (Å²) >= 11 is 0. The number of aromatic nitrogens is 2. The van der Waals surface area contributed by atoms with Crippen molar-refractivity contribution in [2.45, 2.75) is 30.7 Å². The fourth-order valence-corrected chi connectivity index (χ4v) is 3.98. The molecule has 25 heavy (non-hydrogen) atoms.